The Balaban J connectivity index is 2.32. The van der Waals surface area contributed by atoms with Crippen molar-refractivity contribution in [3.05, 3.63) is 57.6 Å². The first-order valence-electron chi connectivity index (χ1n) is 6.47. The van der Waals surface area contributed by atoms with Crippen LogP contribution in [0.2, 0.25) is 29.7 Å². The standard InChI is InChI=1S/C16H16Cl2Si/c1-19(2,3)16-14-8-10(17)4-6-12(14)13-7-5-11(18)9-15(13)16/h4-9,16H,1-3H3. The van der Waals surface area contributed by atoms with Crippen molar-refractivity contribution < 1.29 is 0 Å². The molecule has 0 atom stereocenters. The van der Waals surface area contributed by atoms with Gasteiger partial charge in [-0.2, -0.15) is 0 Å². The zero-order valence-corrected chi connectivity index (χ0v) is 13.8. The molecular weight excluding hydrogens is 291 g/mol. The smallest absolute Gasteiger partial charge is 0.0574 e. The summed E-state index contributed by atoms with van der Waals surface area (Å²) in [7, 11) is -1.39. The van der Waals surface area contributed by atoms with Crippen LogP contribution in [0.15, 0.2) is 36.4 Å². The second-order valence-corrected chi connectivity index (χ2v) is 12.4. The Kier molecular flexibility index (Phi) is 3.04. The lowest BCUT2D eigenvalue weighted by molar-refractivity contribution is 1.12. The highest BCUT2D eigenvalue weighted by Gasteiger charge is 2.37. The van der Waals surface area contributed by atoms with Crippen LogP contribution in [0.1, 0.15) is 16.7 Å². The van der Waals surface area contributed by atoms with Crippen LogP contribution in [0, 0.1) is 0 Å². The molecule has 0 fully saturated rings. The first-order valence-corrected chi connectivity index (χ1v) is 10.8. The average Bonchev–Trinajstić information content (AvgIpc) is 2.60. The van der Waals surface area contributed by atoms with Gasteiger partial charge in [0.25, 0.3) is 0 Å². The minimum Gasteiger partial charge on any atom is -0.0843 e. The number of benzene rings is 2. The molecule has 0 N–H and O–H groups in total. The van der Waals surface area contributed by atoms with E-state index in [2.05, 4.69) is 43.9 Å². The maximum Gasteiger partial charge on any atom is 0.0574 e. The largest absolute Gasteiger partial charge is 0.0843 e. The van der Waals surface area contributed by atoms with E-state index in [9.17, 15) is 0 Å². The first-order chi connectivity index (χ1) is 8.88. The van der Waals surface area contributed by atoms with Crippen LogP contribution in [0.5, 0.6) is 0 Å². The molecule has 0 nitrogen and oxygen atoms in total. The highest BCUT2D eigenvalue weighted by molar-refractivity contribution is 6.78. The Morgan fingerprint density at radius 1 is 0.789 bits per heavy atom. The number of hydrogen-bond donors (Lipinski definition) is 0. The maximum absolute atomic E-state index is 6.20. The van der Waals surface area contributed by atoms with Gasteiger partial charge in [0.15, 0.2) is 0 Å². The van der Waals surface area contributed by atoms with E-state index in [-0.39, 0.29) is 0 Å². The Morgan fingerprint density at radius 3 is 1.58 bits per heavy atom. The van der Waals surface area contributed by atoms with Gasteiger partial charge in [-0.05, 0) is 46.5 Å². The van der Waals surface area contributed by atoms with Crippen molar-refractivity contribution in [1.29, 1.82) is 0 Å². The van der Waals surface area contributed by atoms with Crippen LogP contribution in [0.4, 0.5) is 0 Å². The highest BCUT2D eigenvalue weighted by atomic mass is 35.5. The topological polar surface area (TPSA) is 0 Å². The second-order valence-electron chi connectivity index (χ2n) is 6.26. The molecule has 19 heavy (non-hydrogen) atoms. The molecule has 0 saturated carbocycles. The van der Waals surface area contributed by atoms with Crippen LogP contribution >= 0.6 is 23.2 Å². The minimum atomic E-state index is -1.39. The molecule has 0 radical (unpaired) electrons. The third kappa shape index (κ3) is 2.14. The van der Waals surface area contributed by atoms with Crippen molar-refractivity contribution in [2.24, 2.45) is 0 Å². The molecule has 98 valence electrons. The lowest BCUT2D eigenvalue weighted by Gasteiger charge is -2.27. The molecule has 0 saturated heterocycles. The van der Waals surface area contributed by atoms with Crippen molar-refractivity contribution in [2.75, 3.05) is 0 Å². The van der Waals surface area contributed by atoms with E-state index in [1.807, 2.05) is 12.1 Å². The van der Waals surface area contributed by atoms with Gasteiger partial charge in [-0.3, -0.25) is 0 Å². The van der Waals surface area contributed by atoms with Gasteiger partial charge in [0.2, 0.25) is 0 Å². The number of fused-ring (bicyclic) bond motifs is 3. The summed E-state index contributed by atoms with van der Waals surface area (Å²) in [5.41, 5.74) is 5.88. The van der Waals surface area contributed by atoms with Gasteiger partial charge in [-0.1, -0.05) is 55.0 Å². The van der Waals surface area contributed by atoms with Crippen molar-refractivity contribution in [2.45, 2.75) is 25.2 Å². The van der Waals surface area contributed by atoms with Crippen LogP contribution in [-0.4, -0.2) is 8.07 Å². The van der Waals surface area contributed by atoms with Gasteiger partial charge in [-0.25, -0.2) is 0 Å². The fourth-order valence-electron chi connectivity index (χ4n) is 3.14. The molecule has 1 aliphatic carbocycles. The molecular formula is C16H16Cl2Si. The van der Waals surface area contributed by atoms with Crippen LogP contribution in [0.3, 0.4) is 0 Å². The molecule has 0 bridgehead atoms. The Hall–Kier alpha value is -0.763. The molecule has 0 spiro atoms. The third-order valence-corrected chi connectivity index (χ3v) is 6.63. The molecule has 0 heterocycles. The van der Waals surface area contributed by atoms with E-state index >= 15 is 0 Å². The highest BCUT2D eigenvalue weighted by Crippen LogP contribution is 2.50. The fraction of sp³-hybridized carbons (Fsp3) is 0.250. The summed E-state index contributed by atoms with van der Waals surface area (Å²) in [4.78, 5) is 0. The molecule has 1 aliphatic rings. The number of hydrogen-bond acceptors (Lipinski definition) is 0. The fourth-order valence-corrected chi connectivity index (χ4v) is 5.84. The van der Waals surface area contributed by atoms with Gasteiger partial charge in [0.1, 0.15) is 0 Å². The normalized spacial score (nSPS) is 14.4. The summed E-state index contributed by atoms with van der Waals surface area (Å²) in [5, 5.41) is 1.64. The Bertz CT molecular complexity index is 605. The molecule has 0 unspecified atom stereocenters. The lowest BCUT2D eigenvalue weighted by atomic mass is 10.1. The van der Waals surface area contributed by atoms with E-state index in [0.717, 1.165) is 10.0 Å². The summed E-state index contributed by atoms with van der Waals surface area (Å²) in [6.07, 6.45) is 0. The second kappa shape index (κ2) is 4.37. The number of rotatable bonds is 1. The number of halogens is 2. The van der Waals surface area contributed by atoms with E-state index in [0.29, 0.717) is 5.54 Å². The Morgan fingerprint density at radius 2 is 1.21 bits per heavy atom. The average molecular weight is 307 g/mol. The Labute approximate surface area is 125 Å². The molecule has 3 rings (SSSR count). The summed E-state index contributed by atoms with van der Waals surface area (Å²) in [6, 6.07) is 12.5. The van der Waals surface area contributed by atoms with Gasteiger partial charge in [0, 0.05) is 15.6 Å². The molecule has 0 aromatic heterocycles. The first kappa shape index (κ1) is 13.2. The van der Waals surface area contributed by atoms with E-state index < -0.39 is 8.07 Å². The van der Waals surface area contributed by atoms with Crippen LogP contribution in [-0.2, 0) is 0 Å². The summed E-state index contributed by atoms with van der Waals surface area (Å²) in [5.74, 6) is 0. The van der Waals surface area contributed by atoms with Gasteiger partial charge in [-0.15, -0.1) is 0 Å². The minimum absolute atomic E-state index is 0.481. The predicted molar refractivity (Wildman–Crippen MR) is 87.1 cm³/mol. The SMILES string of the molecule is C[Si](C)(C)C1c2cc(Cl)ccc2-c2ccc(Cl)cc21. The van der Waals surface area contributed by atoms with Crippen LogP contribution < -0.4 is 0 Å². The summed E-state index contributed by atoms with van der Waals surface area (Å²) >= 11 is 12.4. The predicted octanol–water partition coefficient (Wildman–Crippen LogP) is 5.98. The zero-order valence-electron chi connectivity index (χ0n) is 11.3. The molecule has 2 aromatic carbocycles. The zero-order chi connectivity index (χ0) is 13.8. The monoisotopic (exact) mass is 306 g/mol. The lowest BCUT2D eigenvalue weighted by Crippen LogP contribution is -2.30. The van der Waals surface area contributed by atoms with E-state index in [4.69, 9.17) is 23.2 Å². The molecule has 0 amide bonds. The molecule has 2 aromatic rings. The van der Waals surface area contributed by atoms with Crippen molar-refractivity contribution in [3.8, 4) is 11.1 Å². The third-order valence-electron chi connectivity index (χ3n) is 3.81. The van der Waals surface area contributed by atoms with Gasteiger partial charge in [0.05, 0.1) is 8.07 Å². The van der Waals surface area contributed by atoms with Gasteiger partial charge < -0.3 is 0 Å². The maximum atomic E-state index is 6.20. The quantitative estimate of drug-likeness (QED) is 0.568. The van der Waals surface area contributed by atoms with Crippen molar-refractivity contribution in [3.63, 3.8) is 0 Å². The van der Waals surface area contributed by atoms with E-state index in [1.165, 1.54) is 22.3 Å². The van der Waals surface area contributed by atoms with Crippen LogP contribution in [0.25, 0.3) is 11.1 Å². The van der Waals surface area contributed by atoms with Crippen molar-refractivity contribution >= 4 is 31.3 Å². The summed E-state index contributed by atoms with van der Waals surface area (Å²) in [6.45, 7) is 7.20. The summed E-state index contributed by atoms with van der Waals surface area (Å²) < 4.78 is 0. The van der Waals surface area contributed by atoms with Crippen molar-refractivity contribution in [1.82, 2.24) is 0 Å². The molecule has 3 heteroatoms. The molecule has 0 aliphatic heterocycles. The van der Waals surface area contributed by atoms with Gasteiger partial charge >= 0.3 is 0 Å². The van der Waals surface area contributed by atoms with E-state index in [1.54, 1.807) is 0 Å².